The Kier molecular flexibility index (Phi) is 5.17. The number of hydrogen-bond donors (Lipinski definition) is 6. The minimum atomic E-state index is -1.27. The number of phenols is 4. The van der Waals surface area contributed by atoms with E-state index >= 15 is 0 Å². The van der Waals surface area contributed by atoms with Crippen molar-refractivity contribution < 1.29 is 40.2 Å². The fourth-order valence-electron chi connectivity index (χ4n) is 1.40. The summed E-state index contributed by atoms with van der Waals surface area (Å²) >= 11 is 0. The van der Waals surface area contributed by atoms with Gasteiger partial charge < -0.3 is 30.6 Å². The van der Waals surface area contributed by atoms with Crippen LogP contribution in [0.3, 0.4) is 0 Å². The zero-order chi connectivity index (χ0) is 16.9. The van der Waals surface area contributed by atoms with Crippen LogP contribution >= 0.6 is 0 Å². The van der Waals surface area contributed by atoms with Crippen molar-refractivity contribution in [3.8, 4) is 23.0 Å². The molecule has 0 aliphatic heterocycles. The van der Waals surface area contributed by atoms with Gasteiger partial charge in [-0.2, -0.15) is 0 Å². The van der Waals surface area contributed by atoms with Crippen molar-refractivity contribution in [2.45, 2.75) is 0 Å². The lowest BCUT2D eigenvalue weighted by molar-refractivity contribution is 0.0682. The van der Waals surface area contributed by atoms with Gasteiger partial charge in [0.2, 0.25) is 0 Å². The van der Waals surface area contributed by atoms with Crippen LogP contribution in [0.4, 0.5) is 0 Å². The molecule has 0 saturated heterocycles. The first kappa shape index (κ1) is 16.6. The van der Waals surface area contributed by atoms with Crippen LogP contribution in [-0.2, 0) is 0 Å². The lowest BCUT2D eigenvalue weighted by Crippen LogP contribution is -1.95. The van der Waals surface area contributed by atoms with E-state index in [4.69, 9.17) is 30.6 Å². The van der Waals surface area contributed by atoms with Crippen LogP contribution in [0.5, 0.6) is 23.0 Å². The molecule has 0 heterocycles. The third-order valence-corrected chi connectivity index (χ3v) is 2.42. The molecule has 0 fully saturated rings. The molecule has 0 aliphatic carbocycles. The molecule has 0 aliphatic rings. The van der Waals surface area contributed by atoms with Gasteiger partial charge >= 0.3 is 11.9 Å². The minimum absolute atomic E-state index is 0.160. The SMILES string of the molecule is O=C(O)c1cc(O)ccc1O.O=C(O)c1ccc(O)cc1O. The van der Waals surface area contributed by atoms with Crippen LogP contribution < -0.4 is 0 Å². The molecule has 116 valence electrons. The highest BCUT2D eigenvalue weighted by atomic mass is 16.4. The Morgan fingerprint density at radius 3 is 1.59 bits per heavy atom. The van der Waals surface area contributed by atoms with E-state index in [1.54, 1.807) is 0 Å². The molecule has 8 nitrogen and oxygen atoms in total. The number of aromatic hydroxyl groups is 4. The topological polar surface area (TPSA) is 156 Å². The Morgan fingerprint density at radius 1 is 0.636 bits per heavy atom. The van der Waals surface area contributed by atoms with Gasteiger partial charge in [0.15, 0.2) is 0 Å². The third-order valence-electron chi connectivity index (χ3n) is 2.42. The summed E-state index contributed by atoms with van der Waals surface area (Å²) in [6, 6.07) is 6.62. The molecule has 0 aromatic heterocycles. The van der Waals surface area contributed by atoms with E-state index in [0.717, 1.165) is 24.3 Å². The zero-order valence-electron chi connectivity index (χ0n) is 11.0. The Bertz CT molecular complexity index is 708. The van der Waals surface area contributed by atoms with Crippen molar-refractivity contribution in [1.29, 1.82) is 0 Å². The first-order valence-corrected chi connectivity index (χ1v) is 5.73. The molecular weight excluding hydrogens is 296 g/mol. The average molecular weight is 308 g/mol. The Balaban J connectivity index is 0.000000220. The highest BCUT2D eigenvalue weighted by molar-refractivity contribution is 5.91. The summed E-state index contributed by atoms with van der Waals surface area (Å²) in [7, 11) is 0. The van der Waals surface area contributed by atoms with Gasteiger partial charge in [0.25, 0.3) is 0 Å². The molecular formula is C14H12O8. The van der Waals surface area contributed by atoms with Crippen molar-refractivity contribution in [2.75, 3.05) is 0 Å². The Hall–Kier alpha value is -3.42. The summed E-state index contributed by atoms with van der Waals surface area (Å²) in [5.74, 6) is -3.61. The predicted octanol–water partition coefficient (Wildman–Crippen LogP) is 1.59. The fourth-order valence-corrected chi connectivity index (χ4v) is 1.40. The molecule has 0 saturated carbocycles. The highest BCUT2D eigenvalue weighted by Gasteiger charge is 2.09. The maximum atomic E-state index is 10.3. The molecule has 2 aromatic rings. The van der Waals surface area contributed by atoms with Crippen molar-refractivity contribution >= 4 is 11.9 Å². The maximum absolute atomic E-state index is 10.3. The summed E-state index contributed by atoms with van der Waals surface area (Å²) in [5, 5.41) is 52.2. The smallest absolute Gasteiger partial charge is 0.339 e. The molecule has 0 radical (unpaired) electrons. The number of hydrogen-bond acceptors (Lipinski definition) is 6. The number of aromatic carboxylic acids is 2. The lowest BCUT2D eigenvalue weighted by atomic mass is 10.2. The van der Waals surface area contributed by atoms with Gasteiger partial charge in [-0.1, -0.05) is 0 Å². The quantitative estimate of drug-likeness (QED) is 0.457. The van der Waals surface area contributed by atoms with E-state index in [-0.39, 0.29) is 28.4 Å². The molecule has 22 heavy (non-hydrogen) atoms. The van der Waals surface area contributed by atoms with E-state index in [1.807, 2.05) is 0 Å². The predicted molar refractivity (Wildman–Crippen MR) is 73.5 cm³/mol. The number of carboxylic acids is 2. The molecule has 2 aromatic carbocycles. The van der Waals surface area contributed by atoms with Gasteiger partial charge in [0, 0.05) is 6.07 Å². The second-order valence-corrected chi connectivity index (χ2v) is 4.01. The summed E-state index contributed by atoms with van der Waals surface area (Å²) in [4.78, 5) is 20.6. The fraction of sp³-hybridized carbons (Fsp3) is 0. The van der Waals surface area contributed by atoms with Crippen molar-refractivity contribution in [3.05, 3.63) is 47.5 Å². The summed E-state index contributed by atoms with van der Waals surface area (Å²) in [5.41, 5.74) is -0.521. The molecule has 0 amide bonds. The van der Waals surface area contributed by atoms with E-state index in [9.17, 15) is 9.59 Å². The van der Waals surface area contributed by atoms with Crippen molar-refractivity contribution in [3.63, 3.8) is 0 Å². The number of phenolic OH excluding ortho intramolecular Hbond substituents is 2. The number of rotatable bonds is 2. The lowest BCUT2D eigenvalue weighted by Gasteiger charge is -1.98. The van der Waals surface area contributed by atoms with Gasteiger partial charge in [-0.25, -0.2) is 9.59 Å². The van der Waals surface area contributed by atoms with Crippen LogP contribution in [0.25, 0.3) is 0 Å². The van der Waals surface area contributed by atoms with Gasteiger partial charge in [-0.3, -0.25) is 0 Å². The van der Waals surface area contributed by atoms with Crippen LogP contribution in [-0.4, -0.2) is 42.6 Å². The van der Waals surface area contributed by atoms with Gasteiger partial charge in [0.1, 0.15) is 34.1 Å². The Labute approximate surface area is 123 Å². The van der Waals surface area contributed by atoms with Crippen LogP contribution in [0.1, 0.15) is 20.7 Å². The molecule has 6 N–H and O–H groups in total. The molecule has 8 heteroatoms. The van der Waals surface area contributed by atoms with Gasteiger partial charge in [0.05, 0.1) is 0 Å². The maximum Gasteiger partial charge on any atom is 0.339 e. The summed E-state index contributed by atoms with van der Waals surface area (Å²) in [6.07, 6.45) is 0. The molecule has 0 atom stereocenters. The highest BCUT2D eigenvalue weighted by Crippen LogP contribution is 2.22. The molecule has 0 bridgehead atoms. The Morgan fingerprint density at radius 2 is 1.14 bits per heavy atom. The minimum Gasteiger partial charge on any atom is -0.508 e. The summed E-state index contributed by atoms with van der Waals surface area (Å²) in [6.45, 7) is 0. The molecule has 0 spiro atoms. The van der Waals surface area contributed by atoms with Crippen LogP contribution in [0.15, 0.2) is 36.4 Å². The largest absolute Gasteiger partial charge is 0.508 e. The van der Waals surface area contributed by atoms with Crippen LogP contribution in [0, 0.1) is 0 Å². The number of carboxylic acid groups (broad SMARTS) is 2. The van der Waals surface area contributed by atoms with Gasteiger partial charge in [-0.15, -0.1) is 0 Å². The first-order chi connectivity index (χ1) is 10.2. The van der Waals surface area contributed by atoms with Gasteiger partial charge in [-0.05, 0) is 30.3 Å². The third kappa shape index (κ3) is 4.30. The average Bonchev–Trinajstić information content (AvgIpc) is 2.41. The number of benzene rings is 2. The van der Waals surface area contributed by atoms with Crippen molar-refractivity contribution in [2.24, 2.45) is 0 Å². The van der Waals surface area contributed by atoms with Crippen molar-refractivity contribution in [1.82, 2.24) is 0 Å². The van der Waals surface area contributed by atoms with E-state index in [2.05, 4.69) is 0 Å². The normalized spacial score (nSPS) is 9.45. The van der Waals surface area contributed by atoms with Crippen LogP contribution in [0.2, 0.25) is 0 Å². The second kappa shape index (κ2) is 6.84. The standard InChI is InChI=1S/2C7H6O4/c8-4-1-2-6(9)5(3-4)7(10)11;8-4-1-2-5(7(10)11)6(9)3-4/h2*1-3,8-9H,(H,10,11). The van der Waals surface area contributed by atoms with E-state index < -0.39 is 17.7 Å². The van der Waals surface area contributed by atoms with E-state index in [1.165, 1.54) is 12.1 Å². The van der Waals surface area contributed by atoms with E-state index in [0.29, 0.717) is 0 Å². The second-order valence-electron chi connectivity index (χ2n) is 4.01. The number of carbonyl (C=O) groups is 2. The monoisotopic (exact) mass is 308 g/mol. The first-order valence-electron chi connectivity index (χ1n) is 5.73. The zero-order valence-corrected chi connectivity index (χ0v) is 11.0. The molecule has 2 rings (SSSR count). The summed E-state index contributed by atoms with van der Waals surface area (Å²) < 4.78 is 0. The molecule has 0 unspecified atom stereocenters.